The summed E-state index contributed by atoms with van der Waals surface area (Å²) in [6.07, 6.45) is 2.77. The summed E-state index contributed by atoms with van der Waals surface area (Å²) in [5, 5.41) is 0. The monoisotopic (exact) mass is 407 g/mol. The second-order valence-corrected chi connectivity index (χ2v) is 10.9. The van der Waals surface area contributed by atoms with Gasteiger partial charge in [0.05, 0.1) is 3.55 Å². The second kappa shape index (κ2) is 7.02. The molecule has 2 rings (SSSR count). The Morgan fingerprint density at radius 2 is 1.33 bits per heavy atom. The fourth-order valence-electron chi connectivity index (χ4n) is 3.61. The highest BCUT2D eigenvalue weighted by molar-refractivity contribution is 14.1. The summed E-state index contributed by atoms with van der Waals surface area (Å²) in [5.41, 5.74) is 0.350. The minimum Gasteiger partial charge on any atom is -0.301 e. The Kier molecular flexibility index (Phi) is 6.00. The van der Waals surface area contributed by atoms with Gasteiger partial charge < -0.3 is 4.90 Å². The molecule has 0 unspecified atom stereocenters. The summed E-state index contributed by atoms with van der Waals surface area (Å²) in [4.78, 5) is 7.97. The molecular formula is C17H34IN3. The Hall–Kier alpha value is 0.610. The van der Waals surface area contributed by atoms with E-state index in [0.717, 1.165) is 5.92 Å². The summed E-state index contributed by atoms with van der Waals surface area (Å²) in [7, 11) is 0. The van der Waals surface area contributed by atoms with Crippen LogP contribution in [0.15, 0.2) is 0 Å². The molecule has 3 nitrogen and oxygen atoms in total. The zero-order chi connectivity index (χ0) is 15.7. The Labute approximate surface area is 145 Å². The molecule has 0 saturated carbocycles. The van der Waals surface area contributed by atoms with Crippen LogP contribution in [0.3, 0.4) is 0 Å². The highest BCUT2D eigenvalue weighted by atomic mass is 127. The van der Waals surface area contributed by atoms with Crippen molar-refractivity contribution in [3.05, 3.63) is 0 Å². The van der Waals surface area contributed by atoms with Crippen molar-refractivity contribution < 1.29 is 0 Å². The van der Waals surface area contributed by atoms with Gasteiger partial charge in [-0.25, -0.2) is 0 Å². The lowest BCUT2D eigenvalue weighted by molar-refractivity contribution is 0.0544. The highest BCUT2D eigenvalue weighted by Crippen LogP contribution is 2.26. The van der Waals surface area contributed by atoms with Crippen molar-refractivity contribution in [2.75, 3.05) is 45.8 Å². The summed E-state index contributed by atoms with van der Waals surface area (Å²) in [6, 6.07) is 0. The lowest BCUT2D eigenvalue weighted by Crippen LogP contribution is -2.53. The maximum absolute atomic E-state index is 2.70. The van der Waals surface area contributed by atoms with Crippen LogP contribution in [-0.2, 0) is 0 Å². The number of piperidine rings is 1. The van der Waals surface area contributed by atoms with Crippen molar-refractivity contribution >= 4 is 22.6 Å². The minimum absolute atomic E-state index is 0.307. The molecule has 0 amide bonds. The molecule has 124 valence electrons. The van der Waals surface area contributed by atoms with Gasteiger partial charge in [-0.05, 0) is 66.5 Å². The number of nitrogens with zero attached hydrogens (tertiary/aromatic N) is 3. The van der Waals surface area contributed by atoms with Crippen molar-refractivity contribution in [1.82, 2.24) is 14.7 Å². The van der Waals surface area contributed by atoms with E-state index in [1.165, 1.54) is 58.7 Å². The van der Waals surface area contributed by atoms with Gasteiger partial charge in [0.15, 0.2) is 0 Å². The van der Waals surface area contributed by atoms with Crippen molar-refractivity contribution in [2.45, 2.75) is 56.5 Å². The van der Waals surface area contributed by atoms with Crippen molar-refractivity contribution in [3.63, 3.8) is 0 Å². The molecule has 0 aromatic rings. The predicted octanol–water partition coefficient (Wildman–Crippen LogP) is 3.29. The molecule has 0 spiro atoms. The van der Waals surface area contributed by atoms with Gasteiger partial charge in [0.2, 0.25) is 0 Å². The van der Waals surface area contributed by atoms with Crippen molar-refractivity contribution in [2.24, 2.45) is 5.92 Å². The maximum atomic E-state index is 2.70. The largest absolute Gasteiger partial charge is 0.301 e. The Balaban J connectivity index is 1.71. The predicted molar refractivity (Wildman–Crippen MR) is 100 cm³/mol. The SMILES string of the molecule is CC(C)(C)N1CCC(CN2CCN(C(C)(C)I)CC2)CC1. The lowest BCUT2D eigenvalue weighted by Gasteiger charge is -2.44. The molecule has 2 saturated heterocycles. The molecule has 0 aromatic heterocycles. The van der Waals surface area contributed by atoms with Crippen LogP contribution >= 0.6 is 22.6 Å². The number of hydrogen-bond donors (Lipinski definition) is 0. The van der Waals surface area contributed by atoms with Gasteiger partial charge in [-0.3, -0.25) is 9.80 Å². The zero-order valence-corrected chi connectivity index (χ0v) is 16.8. The normalized spacial score (nSPS) is 25.4. The third-order valence-electron chi connectivity index (χ3n) is 5.20. The first kappa shape index (κ1) is 18.0. The summed E-state index contributed by atoms with van der Waals surface area (Å²) < 4.78 is 0.307. The van der Waals surface area contributed by atoms with E-state index in [9.17, 15) is 0 Å². The quantitative estimate of drug-likeness (QED) is 0.404. The highest BCUT2D eigenvalue weighted by Gasteiger charge is 2.30. The van der Waals surface area contributed by atoms with E-state index in [1.807, 2.05) is 0 Å². The lowest BCUT2D eigenvalue weighted by atomic mass is 9.92. The first-order valence-corrected chi connectivity index (χ1v) is 9.65. The minimum atomic E-state index is 0.307. The molecule has 0 radical (unpaired) electrons. The fourth-order valence-corrected chi connectivity index (χ4v) is 4.10. The van der Waals surface area contributed by atoms with E-state index in [4.69, 9.17) is 0 Å². The van der Waals surface area contributed by atoms with Gasteiger partial charge in [-0.1, -0.05) is 22.6 Å². The van der Waals surface area contributed by atoms with E-state index in [2.05, 4.69) is 71.9 Å². The van der Waals surface area contributed by atoms with Gasteiger partial charge in [0, 0.05) is 38.3 Å². The molecule has 2 aliphatic rings. The molecule has 21 heavy (non-hydrogen) atoms. The molecule has 2 fully saturated rings. The van der Waals surface area contributed by atoms with Crippen LogP contribution in [0.5, 0.6) is 0 Å². The Morgan fingerprint density at radius 3 is 1.76 bits per heavy atom. The van der Waals surface area contributed by atoms with Gasteiger partial charge in [0.1, 0.15) is 0 Å². The van der Waals surface area contributed by atoms with Crippen LogP contribution in [0.2, 0.25) is 0 Å². The average molecular weight is 407 g/mol. The Morgan fingerprint density at radius 1 is 0.810 bits per heavy atom. The molecule has 2 aliphatic heterocycles. The van der Waals surface area contributed by atoms with E-state index in [-0.39, 0.29) is 0 Å². The first-order valence-electron chi connectivity index (χ1n) is 8.57. The van der Waals surface area contributed by atoms with E-state index < -0.39 is 0 Å². The molecule has 0 aliphatic carbocycles. The van der Waals surface area contributed by atoms with Crippen LogP contribution in [0, 0.1) is 5.92 Å². The first-order chi connectivity index (χ1) is 9.66. The van der Waals surface area contributed by atoms with E-state index >= 15 is 0 Å². The number of likely N-dealkylation sites (tertiary alicyclic amines) is 1. The van der Waals surface area contributed by atoms with E-state index in [1.54, 1.807) is 0 Å². The summed E-state index contributed by atoms with van der Waals surface area (Å²) in [5.74, 6) is 0.919. The third-order valence-corrected chi connectivity index (χ3v) is 5.89. The van der Waals surface area contributed by atoms with Crippen LogP contribution < -0.4 is 0 Å². The molecule has 4 heteroatoms. The topological polar surface area (TPSA) is 9.72 Å². The maximum Gasteiger partial charge on any atom is 0.0674 e. The van der Waals surface area contributed by atoms with Crippen molar-refractivity contribution in [3.8, 4) is 0 Å². The van der Waals surface area contributed by atoms with Crippen molar-refractivity contribution in [1.29, 1.82) is 0 Å². The number of alkyl halides is 1. The molecule has 0 bridgehead atoms. The molecule has 0 N–H and O–H groups in total. The van der Waals surface area contributed by atoms with E-state index in [0.29, 0.717) is 9.08 Å². The standard InChI is InChI=1S/C17H34IN3/c1-16(2,3)20-8-6-15(7-9-20)14-19-10-12-21(13-11-19)17(4,5)18/h15H,6-14H2,1-5H3. The number of halogens is 1. The number of piperazine rings is 1. The number of hydrogen-bond acceptors (Lipinski definition) is 3. The fraction of sp³-hybridized carbons (Fsp3) is 1.00. The second-order valence-electron chi connectivity index (χ2n) is 8.30. The van der Waals surface area contributed by atoms with Gasteiger partial charge in [0.25, 0.3) is 0 Å². The van der Waals surface area contributed by atoms with Crippen LogP contribution in [0.1, 0.15) is 47.5 Å². The van der Waals surface area contributed by atoms with Crippen LogP contribution in [0.4, 0.5) is 0 Å². The molecule has 2 heterocycles. The summed E-state index contributed by atoms with van der Waals surface area (Å²) >= 11 is 2.57. The third kappa shape index (κ3) is 5.33. The average Bonchev–Trinajstić information content (AvgIpc) is 2.38. The Bertz CT molecular complexity index is 284. The summed E-state index contributed by atoms with van der Waals surface area (Å²) in [6.45, 7) is 20.6. The van der Waals surface area contributed by atoms with Crippen LogP contribution in [-0.4, -0.2) is 69.6 Å². The van der Waals surface area contributed by atoms with Gasteiger partial charge in [-0.15, -0.1) is 0 Å². The molecular weight excluding hydrogens is 373 g/mol. The van der Waals surface area contributed by atoms with Gasteiger partial charge in [-0.2, -0.15) is 0 Å². The number of rotatable bonds is 3. The molecule has 0 aromatic carbocycles. The van der Waals surface area contributed by atoms with Crippen LogP contribution in [0.25, 0.3) is 0 Å². The zero-order valence-electron chi connectivity index (χ0n) is 14.7. The van der Waals surface area contributed by atoms with Gasteiger partial charge >= 0.3 is 0 Å². The molecule has 0 atom stereocenters. The smallest absolute Gasteiger partial charge is 0.0674 e.